The van der Waals surface area contributed by atoms with Gasteiger partial charge in [-0.25, -0.2) is 19.9 Å². The number of fused-ring (bicyclic) bond motifs is 1. The van der Waals surface area contributed by atoms with E-state index < -0.39 is 24.5 Å². The van der Waals surface area contributed by atoms with Crippen LogP contribution < -0.4 is 21.3 Å². The average Bonchev–Trinajstić information content (AvgIpc) is 4.04. The predicted octanol–water partition coefficient (Wildman–Crippen LogP) is 1.82. The summed E-state index contributed by atoms with van der Waals surface area (Å²) in [6.45, 7) is 7.59. The molecule has 1 saturated carbocycles. The van der Waals surface area contributed by atoms with Gasteiger partial charge in [0.1, 0.15) is 18.0 Å². The van der Waals surface area contributed by atoms with Crippen molar-refractivity contribution in [3.63, 3.8) is 0 Å². The molecule has 55 heavy (non-hydrogen) atoms. The quantitative estimate of drug-likeness (QED) is 0.0743. The fraction of sp³-hybridized carbons (Fsp3) is 0.529. The lowest BCUT2D eigenvalue weighted by Gasteiger charge is -2.30. The Morgan fingerprint density at radius 3 is 2.18 bits per heavy atom. The highest BCUT2D eigenvalue weighted by Crippen LogP contribution is 2.39. The van der Waals surface area contributed by atoms with Crippen LogP contribution in [0.3, 0.4) is 0 Å². The number of ether oxygens (including phenoxy) is 1. The highest BCUT2D eigenvalue weighted by Gasteiger charge is 2.47. The molecule has 1 aliphatic carbocycles. The van der Waals surface area contributed by atoms with Crippen LogP contribution in [-0.2, 0) is 24.1 Å². The maximum Gasteiger partial charge on any atom is 0.226 e. The number of anilines is 4. The molecule has 0 amide bonds. The number of aryl methyl sites for hydroxylation is 3. The molecule has 6 aromatic heterocycles. The van der Waals surface area contributed by atoms with Gasteiger partial charge in [0.2, 0.25) is 17.7 Å². The number of nitrogens with one attached hydrogen (secondary N) is 6. The van der Waals surface area contributed by atoms with Crippen LogP contribution >= 0.6 is 0 Å². The zero-order valence-electron chi connectivity index (χ0n) is 30.9. The van der Waals surface area contributed by atoms with Gasteiger partial charge in [-0.15, -0.1) is 10.2 Å². The van der Waals surface area contributed by atoms with Gasteiger partial charge in [-0.1, -0.05) is 0 Å². The second-order valence-electron chi connectivity index (χ2n) is 13.9. The molecule has 0 bridgehead atoms. The van der Waals surface area contributed by atoms with Crippen molar-refractivity contribution in [2.24, 2.45) is 0 Å². The zero-order chi connectivity index (χ0) is 37.9. The second kappa shape index (κ2) is 15.9. The van der Waals surface area contributed by atoms with Gasteiger partial charge in [0.05, 0.1) is 36.9 Å². The summed E-state index contributed by atoms with van der Waals surface area (Å²) in [5.41, 5.74) is 5.00. The second-order valence-corrected chi connectivity index (χ2v) is 13.9. The Labute approximate surface area is 315 Å². The van der Waals surface area contributed by atoms with Gasteiger partial charge in [0, 0.05) is 55.6 Å². The van der Waals surface area contributed by atoms with Crippen molar-refractivity contribution in [2.45, 2.75) is 102 Å². The molecule has 2 aliphatic rings. The van der Waals surface area contributed by atoms with Crippen LogP contribution in [0, 0.1) is 13.8 Å². The van der Waals surface area contributed by atoms with Gasteiger partial charge in [0.25, 0.3) is 0 Å². The summed E-state index contributed by atoms with van der Waals surface area (Å²) < 4.78 is 7.79. The van der Waals surface area contributed by atoms with Gasteiger partial charge in [0.15, 0.2) is 29.3 Å². The molecule has 1 aliphatic heterocycles. The van der Waals surface area contributed by atoms with Crippen molar-refractivity contribution >= 4 is 34.7 Å². The number of rotatable bonds is 15. The zero-order valence-corrected chi connectivity index (χ0v) is 30.9. The molecule has 0 aromatic carbocycles. The lowest BCUT2D eigenvalue weighted by Crippen LogP contribution is -2.33. The van der Waals surface area contributed by atoms with Gasteiger partial charge in [-0.3, -0.25) is 4.57 Å². The number of aliphatic hydroxyl groups excluding tert-OH is 2. The van der Waals surface area contributed by atoms with E-state index in [0.29, 0.717) is 54.9 Å². The molecule has 290 valence electrons. The first-order valence-electron chi connectivity index (χ1n) is 18.7. The molecular weight excluding hydrogens is 708 g/mol. The van der Waals surface area contributed by atoms with E-state index in [4.69, 9.17) is 14.7 Å². The Balaban J connectivity index is 0.948. The van der Waals surface area contributed by atoms with E-state index in [1.807, 2.05) is 26.8 Å². The third kappa shape index (κ3) is 7.89. The first-order chi connectivity index (χ1) is 26.8. The molecule has 2 fully saturated rings. The van der Waals surface area contributed by atoms with Crippen LogP contribution in [0.5, 0.6) is 0 Å². The molecule has 4 atom stereocenters. The van der Waals surface area contributed by atoms with Crippen molar-refractivity contribution < 1.29 is 14.9 Å². The summed E-state index contributed by atoms with van der Waals surface area (Å²) >= 11 is 0. The highest BCUT2D eigenvalue weighted by atomic mass is 16.6. The summed E-state index contributed by atoms with van der Waals surface area (Å²) in [6, 6.07) is 2.26. The van der Waals surface area contributed by atoms with E-state index in [2.05, 4.69) is 71.6 Å². The fourth-order valence-electron chi connectivity index (χ4n) is 7.06. The maximum atomic E-state index is 11.2. The van der Waals surface area contributed by atoms with Crippen LogP contribution in [0.25, 0.3) is 11.2 Å². The van der Waals surface area contributed by atoms with Crippen LogP contribution in [0.2, 0.25) is 0 Å². The molecular formula is C34H46N18O3. The molecule has 21 nitrogen and oxygen atoms in total. The molecule has 0 radical (unpaired) electrons. The summed E-state index contributed by atoms with van der Waals surface area (Å²) in [7, 11) is 0. The number of aromatic amines is 2. The molecule has 7 heterocycles. The Morgan fingerprint density at radius 2 is 1.53 bits per heavy atom. The minimum absolute atomic E-state index is 0.126. The highest BCUT2D eigenvalue weighted by molar-refractivity contribution is 5.84. The molecule has 0 unspecified atom stereocenters. The molecule has 21 heteroatoms. The Kier molecular flexibility index (Phi) is 10.5. The minimum atomic E-state index is -1.31. The van der Waals surface area contributed by atoms with E-state index in [1.54, 1.807) is 29.7 Å². The number of hydrogen-bond acceptors (Lipinski definition) is 17. The van der Waals surface area contributed by atoms with Gasteiger partial charge < -0.3 is 46.2 Å². The lowest BCUT2D eigenvalue weighted by atomic mass is 9.91. The third-order valence-corrected chi connectivity index (χ3v) is 10.2. The van der Waals surface area contributed by atoms with Gasteiger partial charge >= 0.3 is 0 Å². The summed E-state index contributed by atoms with van der Waals surface area (Å²) in [4.78, 5) is 39.8. The first kappa shape index (κ1) is 36.2. The standard InChI is InChI=1S/C34H46N18O3/c1-4-52-49-30(48-50-52)28-26(53)27(54)32(55-28)51-17-42-25-29(46-34(47-31(25)51)37-13-10-23-19(3)39-16-41-23)44-21-7-5-20(6-8-21)43-24-11-14-36-33(45-24)35-12-9-22-18(2)38-15-40-22/h11,14-17,20-21,26-28,32,53-54H,4-10,12-13H2,1-3H3,(H,38,40)(H,39,41)(H2,35,36,43,45)(H2,37,44,46,47)/t20?,21?,26-,27+,28-,32+/m0/s1. The van der Waals surface area contributed by atoms with Crippen molar-refractivity contribution in [1.29, 1.82) is 0 Å². The van der Waals surface area contributed by atoms with E-state index >= 15 is 0 Å². The average molecular weight is 755 g/mol. The maximum absolute atomic E-state index is 11.2. The van der Waals surface area contributed by atoms with E-state index in [-0.39, 0.29) is 17.9 Å². The third-order valence-electron chi connectivity index (χ3n) is 10.2. The number of aromatic nitrogens is 14. The number of nitrogens with zero attached hydrogens (tertiary/aromatic N) is 12. The first-order valence-corrected chi connectivity index (χ1v) is 18.7. The SMILES string of the molecule is CCn1nnc([C@H]2O[C@@H](n3cnc4c(NC5CCC(Nc6ccnc(NCCc7nc[nH]c7C)n6)CC5)nc(NCCc5nc[nH]c5C)nc43)[C@H](O)[C@@H]2O)n1. The summed E-state index contributed by atoms with van der Waals surface area (Å²) in [5, 5.41) is 48.3. The van der Waals surface area contributed by atoms with Gasteiger partial charge in [-0.2, -0.15) is 19.7 Å². The minimum Gasteiger partial charge on any atom is -0.387 e. The van der Waals surface area contributed by atoms with E-state index in [0.717, 1.165) is 60.7 Å². The normalized spacial score (nSPS) is 22.6. The molecule has 0 spiro atoms. The van der Waals surface area contributed by atoms with Crippen LogP contribution in [0.4, 0.5) is 23.5 Å². The number of H-pyrrole nitrogens is 2. The largest absolute Gasteiger partial charge is 0.387 e. The number of hydrogen-bond donors (Lipinski definition) is 8. The Morgan fingerprint density at radius 1 is 0.836 bits per heavy atom. The van der Waals surface area contributed by atoms with Crippen LogP contribution in [0.1, 0.15) is 73.5 Å². The molecule has 8 N–H and O–H groups in total. The van der Waals surface area contributed by atoms with E-state index in [1.165, 1.54) is 4.80 Å². The van der Waals surface area contributed by atoms with Crippen LogP contribution in [0.15, 0.2) is 31.2 Å². The van der Waals surface area contributed by atoms with Crippen molar-refractivity contribution in [2.75, 3.05) is 34.4 Å². The smallest absolute Gasteiger partial charge is 0.226 e. The Hall–Kier alpha value is -5.80. The van der Waals surface area contributed by atoms with E-state index in [9.17, 15) is 10.2 Å². The number of tetrazole rings is 1. The fourth-order valence-corrected chi connectivity index (χ4v) is 7.06. The topological polar surface area (TPSA) is 268 Å². The molecule has 6 aromatic rings. The Bertz CT molecular complexity index is 2190. The van der Waals surface area contributed by atoms with Gasteiger partial charge in [-0.05, 0) is 57.7 Å². The molecule has 8 rings (SSSR count). The molecule has 1 saturated heterocycles. The number of aliphatic hydroxyl groups is 2. The van der Waals surface area contributed by atoms with Crippen molar-refractivity contribution in [3.05, 3.63) is 59.8 Å². The number of imidazole rings is 3. The van der Waals surface area contributed by atoms with Crippen molar-refractivity contribution in [1.82, 2.24) is 69.6 Å². The summed E-state index contributed by atoms with van der Waals surface area (Å²) in [5.74, 6) is 2.48. The predicted molar refractivity (Wildman–Crippen MR) is 200 cm³/mol. The summed E-state index contributed by atoms with van der Waals surface area (Å²) in [6.07, 6.45) is 7.12. The monoisotopic (exact) mass is 754 g/mol. The van der Waals surface area contributed by atoms with Crippen molar-refractivity contribution in [3.8, 4) is 0 Å². The van der Waals surface area contributed by atoms with Crippen LogP contribution in [-0.4, -0.2) is 117 Å². The lowest BCUT2D eigenvalue weighted by molar-refractivity contribution is -0.0384.